The molecule has 2 rings (SSSR count). The molecule has 24 heavy (non-hydrogen) atoms. The average molecular weight is 342 g/mol. The van der Waals surface area contributed by atoms with Crippen LogP contribution in [-0.2, 0) is 22.7 Å². The van der Waals surface area contributed by atoms with Gasteiger partial charge in [0.1, 0.15) is 18.6 Å². The van der Waals surface area contributed by atoms with E-state index in [1.807, 2.05) is 0 Å². The maximum Gasteiger partial charge on any atom is 0.410 e. The summed E-state index contributed by atoms with van der Waals surface area (Å²) in [5, 5.41) is 7.69. The minimum atomic E-state index is -0.569. The SMILES string of the molecule is CC(C)(C)OC(=O)N1CCC1/C(N)=N/OCc1ncnn1CCF. The molecule has 0 aliphatic carbocycles. The Balaban J connectivity index is 1.87. The smallest absolute Gasteiger partial charge is 0.410 e. The summed E-state index contributed by atoms with van der Waals surface area (Å²) >= 11 is 0. The number of hydrogen-bond acceptors (Lipinski definition) is 6. The van der Waals surface area contributed by atoms with Gasteiger partial charge in [0, 0.05) is 6.54 Å². The van der Waals surface area contributed by atoms with Gasteiger partial charge in [-0.3, -0.25) is 4.90 Å². The molecule has 10 heteroatoms. The van der Waals surface area contributed by atoms with Crippen molar-refractivity contribution in [2.75, 3.05) is 13.2 Å². The lowest BCUT2D eigenvalue weighted by atomic mass is 10.0. The number of ether oxygens (including phenoxy) is 1. The second kappa shape index (κ2) is 7.45. The summed E-state index contributed by atoms with van der Waals surface area (Å²) in [5.74, 6) is 0.630. The van der Waals surface area contributed by atoms with E-state index in [2.05, 4.69) is 15.2 Å². The van der Waals surface area contributed by atoms with Crippen molar-refractivity contribution in [3.05, 3.63) is 12.2 Å². The highest BCUT2D eigenvalue weighted by Crippen LogP contribution is 2.21. The number of alkyl halides is 1. The Hall–Kier alpha value is -2.39. The Kier molecular flexibility index (Phi) is 5.58. The molecule has 1 saturated heterocycles. The quantitative estimate of drug-likeness (QED) is 0.470. The number of nitrogens with zero attached hydrogens (tertiary/aromatic N) is 5. The van der Waals surface area contributed by atoms with Gasteiger partial charge >= 0.3 is 6.09 Å². The molecule has 2 heterocycles. The van der Waals surface area contributed by atoms with E-state index in [9.17, 15) is 9.18 Å². The second-order valence-electron chi connectivity index (χ2n) is 6.36. The number of oxime groups is 1. The van der Waals surface area contributed by atoms with Crippen molar-refractivity contribution in [3.63, 3.8) is 0 Å². The fourth-order valence-corrected chi connectivity index (χ4v) is 2.13. The van der Waals surface area contributed by atoms with Gasteiger partial charge in [-0.2, -0.15) is 5.10 Å². The van der Waals surface area contributed by atoms with E-state index in [0.717, 1.165) is 0 Å². The van der Waals surface area contributed by atoms with Gasteiger partial charge in [0.2, 0.25) is 0 Å². The summed E-state index contributed by atoms with van der Waals surface area (Å²) in [4.78, 5) is 22.6. The van der Waals surface area contributed by atoms with Crippen LogP contribution in [-0.4, -0.2) is 56.5 Å². The van der Waals surface area contributed by atoms with Crippen molar-refractivity contribution in [3.8, 4) is 0 Å². The molecule has 0 aromatic carbocycles. The molecule has 1 fully saturated rings. The fraction of sp³-hybridized carbons (Fsp3) is 0.714. The lowest BCUT2D eigenvalue weighted by Crippen LogP contribution is -2.58. The number of hydrogen-bond donors (Lipinski definition) is 1. The summed E-state index contributed by atoms with van der Waals surface area (Å²) in [6.45, 7) is 5.53. The molecule has 1 aromatic heterocycles. The number of carbonyl (C=O) groups excluding carboxylic acids is 1. The first kappa shape index (κ1) is 18.0. The van der Waals surface area contributed by atoms with Crippen LogP contribution in [0.5, 0.6) is 0 Å². The van der Waals surface area contributed by atoms with Crippen molar-refractivity contribution in [1.82, 2.24) is 19.7 Å². The van der Waals surface area contributed by atoms with Crippen LogP contribution in [0.3, 0.4) is 0 Å². The zero-order valence-electron chi connectivity index (χ0n) is 14.1. The third-order valence-corrected chi connectivity index (χ3v) is 3.34. The summed E-state index contributed by atoms with van der Waals surface area (Å²) in [6, 6.07) is -0.344. The summed E-state index contributed by atoms with van der Waals surface area (Å²) < 4.78 is 19.1. The van der Waals surface area contributed by atoms with E-state index in [1.54, 1.807) is 20.8 Å². The first-order valence-electron chi connectivity index (χ1n) is 7.69. The lowest BCUT2D eigenvalue weighted by Gasteiger charge is -2.40. The molecule has 1 aromatic rings. The van der Waals surface area contributed by atoms with Crippen molar-refractivity contribution >= 4 is 11.9 Å². The molecule has 9 nitrogen and oxygen atoms in total. The van der Waals surface area contributed by atoms with E-state index in [4.69, 9.17) is 15.3 Å². The monoisotopic (exact) mass is 342 g/mol. The number of amides is 1. The molecule has 1 aliphatic heterocycles. The molecular formula is C14H23FN6O3. The summed E-state index contributed by atoms with van der Waals surface area (Å²) in [6.07, 6.45) is 1.58. The zero-order valence-corrected chi connectivity index (χ0v) is 14.1. The van der Waals surface area contributed by atoms with Crippen molar-refractivity contribution in [2.24, 2.45) is 10.9 Å². The van der Waals surface area contributed by atoms with Crippen molar-refractivity contribution in [2.45, 2.75) is 52.0 Å². The maximum atomic E-state index is 12.4. The summed E-state index contributed by atoms with van der Waals surface area (Å²) in [7, 11) is 0. The lowest BCUT2D eigenvalue weighted by molar-refractivity contribution is 0.00449. The van der Waals surface area contributed by atoms with Gasteiger partial charge in [-0.25, -0.2) is 18.9 Å². The minimum absolute atomic E-state index is 0.0137. The van der Waals surface area contributed by atoms with Gasteiger partial charge in [-0.05, 0) is 27.2 Å². The molecule has 1 amide bonds. The van der Waals surface area contributed by atoms with E-state index >= 15 is 0 Å². The largest absolute Gasteiger partial charge is 0.444 e. The Morgan fingerprint density at radius 2 is 2.29 bits per heavy atom. The predicted molar refractivity (Wildman–Crippen MR) is 83.8 cm³/mol. The molecule has 1 atom stereocenters. The van der Waals surface area contributed by atoms with Crippen LogP contribution < -0.4 is 5.73 Å². The van der Waals surface area contributed by atoms with Crippen LogP contribution in [0.2, 0.25) is 0 Å². The normalized spacial score (nSPS) is 18.2. The Labute approximate surface area is 139 Å². The first-order chi connectivity index (χ1) is 11.3. The van der Waals surface area contributed by atoms with Gasteiger partial charge in [0.15, 0.2) is 18.3 Å². The van der Waals surface area contributed by atoms with Crippen molar-refractivity contribution < 1.29 is 18.8 Å². The standard InChI is InChI=1S/C14H23FN6O3/c1-14(2,3)24-13(22)20-6-4-10(20)12(16)19-23-8-11-17-9-18-21(11)7-5-15/h9-10H,4-8H2,1-3H3,(H2,16,19). The van der Waals surface area contributed by atoms with Crippen LogP contribution >= 0.6 is 0 Å². The molecule has 2 N–H and O–H groups in total. The van der Waals surface area contributed by atoms with E-state index in [-0.39, 0.29) is 25.0 Å². The van der Waals surface area contributed by atoms with Gasteiger partial charge in [0.05, 0.1) is 12.6 Å². The maximum absolute atomic E-state index is 12.4. The first-order valence-corrected chi connectivity index (χ1v) is 7.69. The van der Waals surface area contributed by atoms with E-state index in [0.29, 0.717) is 18.8 Å². The predicted octanol–water partition coefficient (Wildman–Crippen LogP) is 1.05. The summed E-state index contributed by atoms with van der Waals surface area (Å²) in [5.41, 5.74) is 5.31. The Morgan fingerprint density at radius 3 is 2.88 bits per heavy atom. The number of carbonyl (C=O) groups is 1. The number of likely N-dealkylation sites (tertiary alicyclic amines) is 1. The minimum Gasteiger partial charge on any atom is -0.444 e. The van der Waals surface area contributed by atoms with Gasteiger partial charge in [0.25, 0.3) is 0 Å². The van der Waals surface area contributed by atoms with Crippen molar-refractivity contribution in [1.29, 1.82) is 0 Å². The molecule has 0 spiro atoms. The van der Waals surface area contributed by atoms with E-state index in [1.165, 1.54) is 15.9 Å². The number of amidine groups is 1. The molecule has 0 saturated carbocycles. The Bertz CT molecular complexity index is 598. The number of aromatic nitrogens is 3. The highest BCUT2D eigenvalue weighted by molar-refractivity contribution is 5.89. The number of nitrogens with two attached hydrogens (primary N) is 1. The third kappa shape index (κ3) is 4.56. The average Bonchev–Trinajstić information content (AvgIpc) is 2.83. The number of rotatable bonds is 6. The second-order valence-corrected chi connectivity index (χ2v) is 6.36. The number of halogens is 1. The molecule has 134 valence electrons. The van der Waals surface area contributed by atoms with E-state index < -0.39 is 18.4 Å². The molecular weight excluding hydrogens is 319 g/mol. The molecule has 1 unspecified atom stereocenters. The third-order valence-electron chi connectivity index (χ3n) is 3.34. The van der Waals surface area contributed by atoms with Gasteiger partial charge < -0.3 is 15.3 Å². The van der Waals surface area contributed by atoms with Gasteiger partial charge in [-0.1, -0.05) is 5.16 Å². The van der Waals surface area contributed by atoms with Crippen LogP contribution in [0.4, 0.5) is 9.18 Å². The van der Waals surface area contributed by atoms with Gasteiger partial charge in [-0.15, -0.1) is 0 Å². The van der Waals surface area contributed by atoms with Crippen LogP contribution in [0, 0.1) is 0 Å². The molecule has 0 bridgehead atoms. The highest BCUT2D eigenvalue weighted by Gasteiger charge is 2.38. The highest BCUT2D eigenvalue weighted by atomic mass is 19.1. The number of aryl methyl sites for hydroxylation is 1. The zero-order chi connectivity index (χ0) is 17.7. The fourth-order valence-electron chi connectivity index (χ4n) is 2.13. The molecule has 1 aliphatic rings. The topological polar surface area (TPSA) is 108 Å². The Morgan fingerprint density at radius 1 is 1.54 bits per heavy atom. The van der Waals surface area contributed by atoms with Crippen LogP contribution in [0.25, 0.3) is 0 Å². The van der Waals surface area contributed by atoms with Crippen LogP contribution in [0.15, 0.2) is 11.5 Å². The van der Waals surface area contributed by atoms with Crippen LogP contribution in [0.1, 0.15) is 33.0 Å². The molecule has 0 radical (unpaired) electrons.